The predicted octanol–water partition coefficient (Wildman–Crippen LogP) is 2.41. The normalized spacial score (nSPS) is 10.9. The Morgan fingerprint density at radius 1 is 1.18 bits per heavy atom. The summed E-state index contributed by atoms with van der Waals surface area (Å²) in [6.45, 7) is -0.304. The van der Waals surface area contributed by atoms with Crippen LogP contribution in [0.25, 0.3) is 16.6 Å². The first kappa shape index (κ1) is 17.8. The molecule has 4 aromatic rings. The summed E-state index contributed by atoms with van der Waals surface area (Å²) in [7, 11) is 0. The Morgan fingerprint density at radius 2 is 2.04 bits per heavy atom. The standard InChI is InChI=1S/C18H12ClFN6O2/c19-11-1-4-16(26-9-21-8-23-26)15(5-11)24-17(27)7-25-10-22-14-3-2-12(20)6-13(14)18(25)28/h1-6,8-10H,7H2,(H,24,27). The van der Waals surface area contributed by atoms with Crippen molar-refractivity contribution in [1.82, 2.24) is 24.3 Å². The van der Waals surface area contributed by atoms with Gasteiger partial charge in [-0.15, -0.1) is 0 Å². The van der Waals surface area contributed by atoms with E-state index in [-0.39, 0.29) is 11.9 Å². The fraction of sp³-hybridized carbons (Fsp3) is 0.0556. The fourth-order valence-corrected chi connectivity index (χ4v) is 2.90. The zero-order valence-corrected chi connectivity index (χ0v) is 15.0. The van der Waals surface area contributed by atoms with Gasteiger partial charge in [0.1, 0.15) is 25.0 Å². The minimum Gasteiger partial charge on any atom is -0.323 e. The van der Waals surface area contributed by atoms with Crippen LogP contribution in [0.5, 0.6) is 0 Å². The molecule has 0 unspecified atom stereocenters. The van der Waals surface area contributed by atoms with Crippen LogP contribution < -0.4 is 10.9 Å². The summed E-state index contributed by atoms with van der Waals surface area (Å²) >= 11 is 6.03. The molecule has 0 fully saturated rings. The number of fused-ring (bicyclic) bond motifs is 1. The third-order valence-electron chi connectivity index (χ3n) is 4.00. The summed E-state index contributed by atoms with van der Waals surface area (Å²) < 4.78 is 16.0. The van der Waals surface area contributed by atoms with E-state index < -0.39 is 17.3 Å². The topological polar surface area (TPSA) is 94.7 Å². The summed E-state index contributed by atoms with van der Waals surface area (Å²) in [4.78, 5) is 33.0. The van der Waals surface area contributed by atoms with Crippen LogP contribution in [0.15, 0.2) is 60.2 Å². The minimum absolute atomic E-state index is 0.0985. The lowest BCUT2D eigenvalue weighted by Gasteiger charge is -2.12. The third-order valence-corrected chi connectivity index (χ3v) is 4.23. The van der Waals surface area contributed by atoms with Crippen molar-refractivity contribution in [3.05, 3.63) is 76.6 Å². The molecule has 0 aliphatic carbocycles. The number of anilines is 1. The van der Waals surface area contributed by atoms with E-state index in [1.165, 1.54) is 35.8 Å². The number of benzene rings is 2. The Morgan fingerprint density at radius 3 is 2.82 bits per heavy atom. The van der Waals surface area contributed by atoms with Crippen molar-refractivity contribution in [2.75, 3.05) is 5.32 Å². The van der Waals surface area contributed by atoms with Gasteiger partial charge in [0.2, 0.25) is 5.91 Å². The van der Waals surface area contributed by atoms with Crippen molar-refractivity contribution in [2.24, 2.45) is 0 Å². The second kappa shape index (κ2) is 7.20. The zero-order chi connectivity index (χ0) is 19.7. The van der Waals surface area contributed by atoms with E-state index in [0.29, 0.717) is 21.9 Å². The van der Waals surface area contributed by atoms with Gasteiger partial charge in [-0.3, -0.25) is 14.2 Å². The van der Waals surface area contributed by atoms with Crippen LogP contribution in [0.2, 0.25) is 5.02 Å². The molecule has 0 saturated carbocycles. The number of halogens is 2. The van der Waals surface area contributed by atoms with Gasteiger partial charge in [-0.1, -0.05) is 11.6 Å². The molecule has 0 radical (unpaired) electrons. The molecule has 2 aromatic heterocycles. The molecule has 1 amide bonds. The van der Waals surface area contributed by atoms with Crippen molar-refractivity contribution in [1.29, 1.82) is 0 Å². The molecular weight excluding hydrogens is 387 g/mol. The van der Waals surface area contributed by atoms with Crippen molar-refractivity contribution in [2.45, 2.75) is 6.54 Å². The highest BCUT2D eigenvalue weighted by Crippen LogP contribution is 2.24. The quantitative estimate of drug-likeness (QED) is 0.569. The van der Waals surface area contributed by atoms with Crippen LogP contribution in [-0.2, 0) is 11.3 Å². The Balaban J connectivity index is 1.62. The second-order valence-corrected chi connectivity index (χ2v) is 6.33. The number of hydrogen-bond acceptors (Lipinski definition) is 5. The van der Waals surface area contributed by atoms with Gasteiger partial charge in [0.15, 0.2) is 0 Å². The third kappa shape index (κ3) is 3.47. The maximum atomic E-state index is 13.4. The van der Waals surface area contributed by atoms with E-state index in [0.717, 1.165) is 10.6 Å². The molecule has 2 aromatic carbocycles. The van der Waals surface area contributed by atoms with E-state index in [9.17, 15) is 14.0 Å². The van der Waals surface area contributed by atoms with Crippen LogP contribution in [0.4, 0.5) is 10.1 Å². The molecule has 0 bridgehead atoms. The molecule has 28 heavy (non-hydrogen) atoms. The van der Waals surface area contributed by atoms with Gasteiger partial charge in [-0.2, -0.15) is 5.10 Å². The first-order valence-corrected chi connectivity index (χ1v) is 8.48. The van der Waals surface area contributed by atoms with Gasteiger partial charge in [0, 0.05) is 5.02 Å². The van der Waals surface area contributed by atoms with Crippen LogP contribution in [-0.4, -0.2) is 30.2 Å². The minimum atomic E-state index is -0.551. The largest absolute Gasteiger partial charge is 0.323 e. The van der Waals surface area contributed by atoms with E-state index >= 15 is 0 Å². The molecule has 0 saturated heterocycles. The molecule has 140 valence electrons. The molecule has 0 atom stereocenters. The zero-order valence-electron chi connectivity index (χ0n) is 14.2. The van der Waals surface area contributed by atoms with Crippen molar-refractivity contribution in [3.63, 3.8) is 0 Å². The second-order valence-electron chi connectivity index (χ2n) is 5.89. The van der Waals surface area contributed by atoms with Gasteiger partial charge in [0.05, 0.1) is 28.6 Å². The first-order valence-electron chi connectivity index (χ1n) is 8.10. The Hall–Kier alpha value is -3.59. The van der Waals surface area contributed by atoms with Gasteiger partial charge < -0.3 is 5.32 Å². The Labute approximate surface area is 162 Å². The number of aromatic nitrogens is 5. The van der Waals surface area contributed by atoms with Crippen LogP contribution in [0, 0.1) is 5.82 Å². The van der Waals surface area contributed by atoms with Gasteiger partial charge in [0.25, 0.3) is 5.56 Å². The summed E-state index contributed by atoms with van der Waals surface area (Å²) in [5.74, 6) is -1.03. The number of carbonyl (C=O) groups is 1. The highest BCUT2D eigenvalue weighted by molar-refractivity contribution is 6.31. The summed E-state index contributed by atoms with van der Waals surface area (Å²) in [6, 6.07) is 8.62. The lowest BCUT2D eigenvalue weighted by Crippen LogP contribution is -2.28. The monoisotopic (exact) mass is 398 g/mol. The van der Waals surface area contributed by atoms with Crippen molar-refractivity contribution in [3.8, 4) is 5.69 Å². The number of hydrogen-bond donors (Lipinski definition) is 1. The average molecular weight is 399 g/mol. The highest BCUT2D eigenvalue weighted by atomic mass is 35.5. The van der Waals surface area contributed by atoms with Crippen LogP contribution in [0.3, 0.4) is 0 Å². The van der Waals surface area contributed by atoms with Crippen molar-refractivity contribution < 1.29 is 9.18 Å². The Kier molecular flexibility index (Phi) is 4.58. The molecule has 10 heteroatoms. The Bertz CT molecular complexity index is 1240. The van der Waals surface area contributed by atoms with Gasteiger partial charge >= 0.3 is 0 Å². The van der Waals surface area contributed by atoms with Gasteiger partial charge in [-0.05, 0) is 36.4 Å². The number of nitrogens with zero attached hydrogens (tertiary/aromatic N) is 5. The predicted molar refractivity (Wildman–Crippen MR) is 101 cm³/mol. The number of nitrogens with one attached hydrogen (secondary N) is 1. The molecular formula is C18H12ClFN6O2. The molecule has 4 rings (SSSR count). The van der Waals surface area contributed by atoms with Crippen LogP contribution in [0.1, 0.15) is 0 Å². The molecule has 0 spiro atoms. The summed E-state index contributed by atoms with van der Waals surface area (Å²) in [5.41, 5.74) is 0.797. The van der Waals surface area contributed by atoms with E-state index in [1.54, 1.807) is 18.2 Å². The summed E-state index contributed by atoms with van der Waals surface area (Å²) in [5, 5.41) is 7.25. The highest BCUT2D eigenvalue weighted by Gasteiger charge is 2.13. The number of carbonyl (C=O) groups excluding carboxylic acids is 1. The summed E-state index contributed by atoms with van der Waals surface area (Å²) in [6.07, 6.45) is 4.09. The fourth-order valence-electron chi connectivity index (χ4n) is 2.73. The number of amides is 1. The van der Waals surface area contributed by atoms with E-state index in [2.05, 4.69) is 20.4 Å². The smallest absolute Gasteiger partial charge is 0.261 e. The maximum absolute atomic E-state index is 13.4. The molecule has 2 heterocycles. The SMILES string of the molecule is O=C(Cn1cnc2ccc(F)cc2c1=O)Nc1cc(Cl)ccc1-n1cncn1. The molecule has 1 N–H and O–H groups in total. The average Bonchev–Trinajstić information content (AvgIpc) is 3.19. The maximum Gasteiger partial charge on any atom is 0.261 e. The van der Waals surface area contributed by atoms with Crippen molar-refractivity contribution >= 4 is 34.1 Å². The van der Waals surface area contributed by atoms with Crippen LogP contribution >= 0.6 is 11.6 Å². The lowest BCUT2D eigenvalue weighted by atomic mass is 10.2. The molecule has 8 nitrogen and oxygen atoms in total. The number of rotatable bonds is 4. The molecule has 0 aliphatic rings. The first-order chi connectivity index (χ1) is 13.5. The van der Waals surface area contributed by atoms with E-state index in [1.807, 2.05) is 0 Å². The van der Waals surface area contributed by atoms with Gasteiger partial charge in [-0.25, -0.2) is 19.0 Å². The lowest BCUT2D eigenvalue weighted by molar-refractivity contribution is -0.116. The van der Waals surface area contributed by atoms with E-state index in [4.69, 9.17) is 11.6 Å². The molecule has 0 aliphatic heterocycles.